The third-order valence-corrected chi connectivity index (χ3v) is 9.63. The number of hydrogen-bond acceptors (Lipinski definition) is 4. The van der Waals surface area contributed by atoms with E-state index in [2.05, 4.69) is 100 Å². The molecule has 260 valence electrons. The summed E-state index contributed by atoms with van der Waals surface area (Å²) in [6, 6.07) is 41.5. The molecule has 0 fully saturated rings. The van der Waals surface area contributed by atoms with Gasteiger partial charge in [0, 0.05) is 24.9 Å². The predicted molar refractivity (Wildman–Crippen MR) is 208 cm³/mol. The normalized spacial score (nSPS) is 12.5. The van der Waals surface area contributed by atoms with E-state index in [0.29, 0.717) is 24.9 Å². The van der Waals surface area contributed by atoms with Crippen LogP contribution < -0.4 is 0 Å². The summed E-state index contributed by atoms with van der Waals surface area (Å²) >= 11 is 0. The highest BCUT2D eigenvalue weighted by Gasteiger charge is 2.43. The first kappa shape index (κ1) is 42.7. The minimum Gasteiger partial charge on any atom is -0.307 e. The summed E-state index contributed by atoms with van der Waals surface area (Å²) in [5.41, 5.74) is 3.19. The summed E-state index contributed by atoms with van der Waals surface area (Å²) in [4.78, 5) is 30.7. The Hall–Kier alpha value is -3.28. The van der Waals surface area contributed by atoms with Crippen LogP contribution in [0.15, 0.2) is 121 Å². The van der Waals surface area contributed by atoms with Crippen LogP contribution in [0.4, 0.5) is 0 Å². The van der Waals surface area contributed by atoms with E-state index in [-0.39, 0.29) is 36.4 Å². The molecule has 2 unspecified atom stereocenters. The number of rotatable bonds is 14. The molecule has 0 heterocycles. The van der Waals surface area contributed by atoms with Gasteiger partial charge in [-0.25, -0.2) is 0 Å². The molecule has 0 amide bonds. The first-order valence-corrected chi connectivity index (χ1v) is 16.7. The Morgan fingerprint density at radius 1 is 0.479 bits per heavy atom. The van der Waals surface area contributed by atoms with Crippen molar-refractivity contribution in [2.75, 3.05) is 28.2 Å². The van der Waals surface area contributed by atoms with Crippen molar-refractivity contribution in [1.29, 1.82) is 0 Å². The molecule has 0 aliphatic heterocycles. The zero-order valence-electron chi connectivity index (χ0n) is 30.1. The molecule has 0 bridgehead atoms. The van der Waals surface area contributed by atoms with E-state index in [0.717, 1.165) is 35.1 Å². The Labute approximate surface area is 302 Å². The Balaban J connectivity index is 0.000000461. The largest absolute Gasteiger partial charge is 0.307 e. The predicted octanol–water partition coefficient (Wildman–Crippen LogP) is 9.43. The van der Waals surface area contributed by atoms with Gasteiger partial charge in [0.25, 0.3) is 0 Å². The first-order valence-electron chi connectivity index (χ1n) is 16.7. The van der Waals surface area contributed by atoms with Gasteiger partial charge in [-0.05, 0) is 77.1 Å². The lowest BCUT2D eigenvalue weighted by atomic mass is 9.67. The van der Waals surface area contributed by atoms with E-state index in [1.165, 1.54) is 0 Å². The molecule has 0 radical (unpaired) electrons. The number of benzene rings is 4. The molecule has 0 spiro atoms. The maximum Gasteiger partial charge on any atom is 0.147 e. The summed E-state index contributed by atoms with van der Waals surface area (Å²) in [5.74, 6) is 0.562. The van der Waals surface area contributed by atoms with Gasteiger partial charge in [-0.1, -0.05) is 135 Å². The lowest BCUT2D eigenvalue weighted by Crippen LogP contribution is -2.42. The van der Waals surface area contributed by atoms with Crippen molar-refractivity contribution in [2.45, 2.75) is 76.3 Å². The minimum atomic E-state index is -0.582. The fourth-order valence-electron chi connectivity index (χ4n) is 6.42. The topological polar surface area (TPSA) is 40.6 Å². The van der Waals surface area contributed by atoms with Gasteiger partial charge >= 0.3 is 0 Å². The summed E-state index contributed by atoms with van der Waals surface area (Å²) < 4.78 is 0. The molecular formula is C42H56Cl2N2O2. The number of carbonyl (C=O) groups excluding carboxylic acids is 2. The lowest BCUT2D eigenvalue weighted by Gasteiger charge is -2.37. The van der Waals surface area contributed by atoms with Crippen LogP contribution in [0.2, 0.25) is 0 Å². The molecule has 0 aliphatic carbocycles. The summed E-state index contributed by atoms with van der Waals surface area (Å²) in [7, 11) is 8.29. The third kappa shape index (κ3) is 9.89. The number of ketones is 2. The molecule has 0 aromatic heterocycles. The average molecular weight is 692 g/mol. The van der Waals surface area contributed by atoms with E-state index >= 15 is 0 Å². The average Bonchev–Trinajstić information content (AvgIpc) is 3.10. The fourth-order valence-corrected chi connectivity index (χ4v) is 6.42. The summed E-state index contributed by atoms with van der Waals surface area (Å²) in [6.07, 6.45) is 2.62. The van der Waals surface area contributed by atoms with Gasteiger partial charge in [0.15, 0.2) is 0 Å². The van der Waals surface area contributed by atoms with Crippen molar-refractivity contribution in [3.63, 3.8) is 0 Å². The monoisotopic (exact) mass is 690 g/mol. The second-order valence-corrected chi connectivity index (χ2v) is 12.9. The van der Waals surface area contributed by atoms with Gasteiger partial charge in [0.05, 0.1) is 10.8 Å². The second kappa shape index (κ2) is 20.3. The van der Waals surface area contributed by atoms with Crippen molar-refractivity contribution in [3.8, 4) is 0 Å². The SMILES string of the molecule is CCC(=O)C(CC(C)N(C)C)(c1ccccc1)c1ccccc1.CCC(=O)C(CC(C)N(C)C)(c1ccccc1)c1ccccc1.Cl.Cl. The maximum atomic E-state index is 13.2. The zero-order valence-corrected chi connectivity index (χ0v) is 31.7. The van der Waals surface area contributed by atoms with E-state index < -0.39 is 10.8 Å². The van der Waals surface area contributed by atoms with E-state index in [1.54, 1.807) is 0 Å². The lowest BCUT2D eigenvalue weighted by molar-refractivity contribution is -0.124. The van der Waals surface area contributed by atoms with E-state index in [1.807, 2.05) is 86.6 Å². The van der Waals surface area contributed by atoms with Crippen LogP contribution in [-0.4, -0.2) is 61.6 Å². The molecule has 0 aliphatic rings. The highest BCUT2D eigenvalue weighted by atomic mass is 35.5. The van der Waals surface area contributed by atoms with Crippen LogP contribution in [0.3, 0.4) is 0 Å². The van der Waals surface area contributed by atoms with Gasteiger partial charge in [0.1, 0.15) is 11.6 Å². The Morgan fingerprint density at radius 2 is 0.688 bits per heavy atom. The maximum absolute atomic E-state index is 13.2. The Morgan fingerprint density at radius 3 is 0.854 bits per heavy atom. The smallest absolute Gasteiger partial charge is 0.147 e. The van der Waals surface area contributed by atoms with E-state index in [4.69, 9.17) is 0 Å². The molecular weight excluding hydrogens is 635 g/mol. The summed E-state index contributed by atoms with van der Waals surface area (Å²) in [6.45, 7) is 8.29. The Kier molecular flexibility index (Phi) is 18.1. The molecule has 4 nitrogen and oxygen atoms in total. The molecule has 6 heteroatoms. The highest BCUT2D eigenvalue weighted by Crippen LogP contribution is 2.40. The van der Waals surface area contributed by atoms with Crippen molar-refractivity contribution in [1.82, 2.24) is 9.80 Å². The molecule has 0 saturated carbocycles. The molecule has 0 N–H and O–H groups in total. The number of halogens is 2. The molecule has 4 aromatic rings. The minimum absolute atomic E-state index is 0. The highest BCUT2D eigenvalue weighted by molar-refractivity contribution is 5.94. The van der Waals surface area contributed by atoms with Crippen LogP contribution >= 0.6 is 24.8 Å². The van der Waals surface area contributed by atoms with Crippen molar-refractivity contribution in [3.05, 3.63) is 144 Å². The standard InChI is InChI=1S/2C21H27NO.2ClH/c2*1-5-20(23)21(16-17(2)22(3)4,18-12-8-6-9-13-18)19-14-10-7-11-15-19;;/h2*6-15,17H,5,16H2,1-4H3;2*1H. The molecule has 48 heavy (non-hydrogen) atoms. The first-order chi connectivity index (χ1) is 22.0. The van der Waals surface area contributed by atoms with Crippen LogP contribution in [0, 0.1) is 0 Å². The number of hydrogen-bond donors (Lipinski definition) is 0. The van der Waals surface area contributed by atoms with Crippen LogP contribution in [0.25, 0.3) is 0 Å². The van der Waals surface area contributed by atoms with E-state index in [9.17, 15) is 9.59 Å². The van der Waals surface area contributed by atoms with Gasteiger partial charge < -0.3 is 9.80 Å². The van der Waals surface area contributed by atoms with Gasteiger partial charge in [-0.2, -0.15) is 0 Å². The van der Waals surface area contributed by atoms with Gasteiger partial charge in [0.2, 0.25) is 0 Å². The number of carbonyl (C=O) groups is 2. The Bertz CT molecular complexity index is 1290. The van der Waals surface area contributed by atoms with Crippen LogP contribution in [-0.2, 0) is 20.4 Å². The third-order valence-electron chi connectivity index (χ3n) is 9.63. The van der Waals surface area contributed by atoms with Crippen molar-refractivity contribution >= 4 is 36.4 Å². The van der Waals surface area contributed by atoms with Gasteiger partial charge in [-0.3, -0.25) is 9.59 Å². The van der Waals surface area contributed by atoms with Crippen molar-refractivity contribution in [2.24, 2.45) is 0 Å². The van der Waals surface area contributed by atoms with Crippen LogP contribution in [0.1, 0.15) is 75.6 Å². The summed E-state index contributed by atoms with van der Waals surface area (Å²) in [5, 5.41) is 0. The number of nitrogens with zero attached hydrogens (tertiary/aromatic N) is 2. The van der Waals surface area contributed by atoms with Crippen LogP contribution in [0.5, 0.6) is 0 Å². The molecule has 0 saturated heterocycles. The zero-order chi connectivity index (χ0) is 33.7. The number of Topliss-reactive ketones (excluding diaryl/α,β-unsaturated/α-hetero) is 2. The molecule has 4 aromatic carbocycles. The van der Waals surface area contributed by atoms with Gasteiger partial charge in [-0.15, -0.1) is 24.8 Å². The fraction of sp³-hybridized carbons (Fsp3) is 0.381. The second-order valence-electron chi connectivity index (χ2n) is 12.9. The van der Waals surface area contributed by atoms with Crippen molar-refractivity contribution < 1.29 is 9.59 Å². The molecule has 2 atom stereocenters. The molecule has 4 rings (SSSR count). The quantitative estimate of drug-likeness (QED) is 0.132.